The average Bonchev–Trinajstić information content (AvgIpc) is 3.21. The lowest BCUT2D eigenvalue weighted by molar-refractivity contribution is 0.0517. The molecule has 1 N–H and O–H groups in total. The second-order valence-electron chi connectivity index (χ2n) is 6.53. The van der Waals surface area contributed by atoms with Crippen LogP contribution in [0.25, 0.3) is 0 Å². The molecule has 25 heavy (non-hydrogen) atoms. The van der Waals surface area contributed by atoms with E-state index in [-0.39, 0.29) is 0 Å². The van der Waals surface area contributed by atoms with Gasteiger partial charge in [-0.3, -0.25) is 0 Å². The Balaban J connectivity index is 1.75. The number of anilines is 2. The summed E-state index contributed by atoms with van der Waals surface area (Å²) in [7, 11) is 0. The zero-order valence-corrected chi connectivity index (χ0v) is 13.8. The van der Waals surface area contributed by atoms with E-state index in [1.807, 2.05) is 0 Å². The van der Waals surface area contributed by atoms with Gasteiger partial charge in [0.1, 0.15) is 0 Å². The van der Waals surface area contributed by atoms with E-state index >= 15 is 0 Å². The van der Waals surface area contributed by atoms with E-state index in [9.17, 15) is 13.6 Å². The van der Waals surface area contributed by atoms with Gasteiger partial charge in [0.05, 0.1) is 18.5 Å². The number of halogens is 2. The van der Waals surface area contributed by atoms with Crippen LogP contribution in [0.2, 0.25) is 0 Å². The number of carbonyl (C=O) groups is 1. The molecule has 1 aromatic heterocycles. The van der Waals surface area contributed by atoms with Gasteiger partial charge in [-0.2, -0.15) is 0 Å². The number of hydrogen-bond acceptors (Lipinski definition) is 4. The summed E-state index contributed by atoms with van der Waals surface area (Å²) in [6, 6.07) is 3.69. The quantitative estimate of drug-likeness (QED) is 0.821. The lowest BCUT2D eigenvalue weighted by Gasteiger charge is -2.21. The van der Waals surface area contributed by atoms with Crippen LogP contribution >= 0.6 is 0 Å². The summed E-state index contributed by atoms with van der Waals surface area (Å²) < 4.78 is 31.7. The second-order valence-corrected chi connectivity index (χ2v) is 6.53. The van der Waals surface area contributed by atoms with Gasteiger partial charge in [-0.05, 0) is 61.3 Å². The van der Waals surface area contributed by atoms with E-state index in [1.165, 1.54) is 6.07 Å². The van der Waals surface area contributed by atoms with Crippen molar-refractivity contribution >= 4 is 17.3 Å². The Morgan fingerprint density at radius 1 is 1.24 bits per heavy atom. The number of ether oxygens (including phenoxy) is 1. The van der Waals surface area contributed by atoms with Gasteiger partial charge in [0.15, 0.2) is 17.3 Å². The highest BCUT2D eigenvalue weighted by Crippen LogP contribution is 2.56. The third-order valence-electron chi connectivity index (χ3n) is 5.07. The van der Waals surface area contributed by atoms with Gasteiger partial charge in [0, 0.05) is 11.8 Å². The normalized spacial score (nSPS) is 20.4. The minimum atomic E-state index is -0.903. The number of nitrogens with one attached hydrogen (secondary N) is 1. The van der Waals surface area contributed by atoms with E-state index in [0.29, 0.717) is 29.8 Å². The third kappa shape index (κ3) is 2.65. The molecule has 1 aromatic carbocycles. The highest BCUT2D eigenvalue weighted by Gasteiger charge is 2.42. The number of nitrogens with zero attached hydrogens (tertiary/aromatic N) is 1. The van der Waals surface area contributed by atoms with Crippen molar-refractivity contribution in [2.75, 3.05) is 11.9 Å². The summed E-state index contributed by atoms with van der Waals surface area (Å²) in [6.07, 6.45) is 4.70. The van der Waals surface area contributed by atoms with E-state index < -0.39 is 17.6 Å². The lowest BCUT2D eigenvalue weighted by atomic mass is 9.89. The van der Waals surface area contributed by atoms with Gasteiger partial charge >= 0.3 is 5.97 Å². The van der Waals surface area contributed by atoms with Crippen LogP contribution in [0.5, 0.6) is 0 Å². The Hall–Kier alpha value is -2.50. The number of benzene rings is 1. The molecule has 0 aliphatic heterocycles. The van der Waals surface area contributed by atoms with Gasteiger partial charge in [0.2, 0.25) is 0 Å². The number of pyridine rings is 1. The molecule has 2 aromatic rings. The molecule has 2 unspecified atom stereocenters. The van der Waals surface area contributed by atoms with Gasteiger partial charge in [0.25, 0.3) is 0 Å². The Kier molecular flexibility index (Phi) is 3.90. The fraction of sp³-hybridized carbons (Fsp3) is 0.368. The molecule has 0 amide bonds. The molecule has 1 saturated carbocycles. The van der Waals surface area contributed by atoms with Crippen molar-refractivity contribution < 1.29 is 18.3 Å². The maximum atomic E-state index is 13.5. The molecule has 2 bridgehead atoms. The first-order valence-corrected chi connectivity index (χ1v) is 8.50. The zero-order chi connectivity index (χ0) is 17.6. The molecule has 1 heterocycles. The first kappa shape index (κ1) is 16.0. The van der Waals surface area contributed by atoms with Crippen LogP contribution in [0.1, 0.15) is 59.6 Å². The summed E-state index contributed by atoms with van der Waals surface area (Å²) in [5, 5.41) is 3.13. The minimum Gasteiger partial charge on any atom is -0.461 e. The van der Waals surface area contributed by atoms with Gasteiger partial charge in [-0.1, -0.05) is 0 Å². The first-order valence-electron chi connectivity index (χ1n) is 8.50. The third-order valence-corrected chi connectivity index (χ3v) is 5.07. The highest BCUT2D eigenvalue weighted by atomic mass is 19.2. The van der Waals surface area contributed by atoms with Crippen LogP contribution in [0.4, 0.5) is 20.2 Å². The Morgan fingerprint density at radius 2 is 2.00 bits per heavy atom. The molecular weight excluding hydrogens is 326 g/mol. The van der Waals surface area contributed by atoms with E-state index in [0.717, 1.165) is 48.2 Å². The summed E-state index contributed by atoms with van der Waals surface area (Å²) >= 11 is 0. The van der Waals surface area contributed by atoms with Crippen molar-refractivity contribution in [1.29, 1.82) is 0 Å². The maximum Gasteiger partial charge on any atom is 0.357 e. The average molecular weight is 344 g/mol. The van der Waals surface area contributed by atoms with Crippen LogP contribution in [0.3, 0.4) is 0 Å². The molecule has 6 heteroatoms. The molecule has 2 aliphatic rings. The van der Waals surface area contributed by atoms with Crippen molar-refractivity contribution in [2.45, 2.75) is 38.0 Å². The molecular formula is C19H18F2N2O2. The topological polar surface area (TPSA) is 51.2 Å². The molecule has 2 aliphatic carbocycles. The van der Waals surface area contributed by atoms with Crippen LogP contribution in [0, 0.1) is 11.6 Å². The van der Waals surface area contributed by atoms with Crippen molar-refractivity contribution in [3.63, 3.8) is 0 Å². The number of carbonyl (C=O) groups excluding carboxylic acids is 1. The Bertz CT molecular complexity index is 854. The van der Waals surface area contributed by atoms with Crippen molar-refractivity contribution in [1.82, 2.24) is 4.98 Å². The molecule has 0 saturated heterocycles. The maximum absolute atomic E-state index is 13.5. The molecule has 4 nitrogen and oxygen atoms in total. The lowest BCUT2D eigenvalue weighted by Crippen LogP contribution is -2.15. The second kappa shape index (κ2) is 6.10. The molecule has 130 valence electrons. The van der Waals surface area contributed by atoms with Gasteiger partial charge < -0.3 is 10.1 Å². The SMILES string of the molecule is CCOC(=O)c1ncc(Nc2ccc(F)c(F)c2)c2c1C1CCC2C1. The van der Waals surface area contributed by atoms with E-state index in [4.69, 9.17) is 4.74 Å². The molecule has 0 radical (unpaired) electrons. The fourth-order valence-corrected chi connectivity index (χ4v) is 4.09. The predicted molar refractivity (Wildman–Crippen MR) is 89.2 cm³/mol. The smallest absolute Gasteiger partial charge is 0.357 e. The first-order chi connectivity index (χ1) is 12.1. The Labute approximate surface area is 144 Å². The standard InChI is InChI=1S/C19H18F2N2O2/c1-2-25-19(24)18-17-11-4-3-10(7-11)16(17)15(9-22-18)23-12-5-6-13(20)14(21)8-12/h5-6,8-11,23H,2-4,7H2,1H3. The molecule has 4 rings (SSSR count). The van der Waals surface area contributed by atoms with Crippen molar-refractivity contribution in [2.24, 2.45) is 0 Å². The zero-order valence-electron chi connectivity index (χ0n) is 13.8. The fourth-order valence-electron chi connectivity index (χ4n) is 4.09. The van der Waals surface area contributed by atoms with Crippen molar-refractivity contribution in [3.05, 3.63) is 52.9 Å². The predicted octanol–water partition coefficient (Wildman–Crippen LogP) is 4.64. The monoisotopic (exact) mass is 344 g/mol. The van der Waals surface area contributed by atoms with E-state index in [2.05, 4.69) is 10.3 Å². The number of esters is 1. The minimum absolute atomic E-state index is 0.304. The molecule has 0 spiro atoms. The number of fused-ring (bicyclic) bond motifs is 5. The van der Waals surface area contributed by atoms with Crippen LogP contribution in [-0.4, -0.2) is 17.6 Å². The number of hydrogen-bond donors (Lipinski definition) is 1. The molecule has 2 atom stereocenters. The largest absolute Gasteiger partial charge is 0.461 e. The Morgan fingerprint density at radius 3 is 2.72 bits per heavy atom. The summed E-state index contributed by atoms with van der Waals surface area (Å²) in [5.74, 6) is -1.50. The van der Waals surface area contributed by atoms with Crippen LogP contribution in [-0.2, 0) is 4.74 Å². The van der Waals surface area contributed by atoms with Crippen LogP contribution < -0.4 is 5.32 Å². The van der Waals surface area contributed by atoms with Crippen molar-refractivity contribution in [3.8, 4) is 0 Å². The summed E-state index contributed by atoms with van der Waals surface area (Å²) in [6.45, 7) is 2.07. The summed E-state index contributed by atoms with van der Waals surface area (Å²) in [4.78, 5) is 16.6. The number of aromatic nitrogens is 1. The van der Waals surface area contributed by atoms with Gasteiger partial charge in [-0.15, -0.1) is 0 Å². The van der Waals surface area contributed by atoms with E-state index in [1.54, 1.807) is 13.1 Å². The number of rotatable bonds is 4. The van der Waals surface area contributed by atoms with Crippen LogP contribution in [0.15, 0.2) is 24.4 Å². The highest BCUT2D eigenvalue weighted by molar-refractivity contribution is 5.91. The molecule has 1 fully saturated rings. The summed E-state index contributed by atoms with van der Waals surface area (Å²) in [5.41, 5.74) is 3.62. The van der Waals surface area contributed by atoms with Gasteiger partial charge in [-0.25, -0.2) is 18.6 Å².